The molecule has 0 saturated carbocycles. The third-order valence-corrected chi connectivity index (χ3v) is 4.51. The zero-order valence-corrected chi connectivity index (χ0v) is 17.2. The van der Waals surface area contributed by atoms with Gasteiger partial charge in [-0.1, -0.05) is 54.6 Å². The Morgan fingerprint density at radius 3 is 2.42 bits per heavy atom. The molecule has 6 heteroatoms. The molecule has 6 nitrogen and oxygen atoms in total. The van der Waals surface area contributed by atoms with Crippen LogP contribution in [0.3, 0.4) is 0 Å². The largest absolute Gasteiger partial charge is 0.481 e. The number of ether oxygens (including phenoxy) is 2. The number of esters is 1. The van der Waals surface area contributed by atoms with E-state index in [4.69, 9.17) is 14.7 Å². The highest BCUT2D eigenvalue weighted by atomic mass is 16.6. The second kappa shape index (κ2) is 10.6. The van der Waals surface area contributed by atoms with Crippen LogP contribution in [0.4, 0.5) is 5.69 Å². The maximum atomic E-state index is 12.9. The van der Waals surface area contributed by atoms with Gasteiger partial charge in [-0.25, -0.2) is 4.79 Å². The molecule has 0 aromatic heterocycles. The lowest BCUT2D eigenvalue weighted by Crippen LogP contribution is -2.35. The van der Waals surface area contributed by atoms with Gasteiger partial charge in [0.2, 0.25) is 0 Å². The number of carbonyl (C=O) groups is 2. The first-order valence-corrected chi connectivity index (χ1v) is 9.75. The van der Waals surface area contributed by atoms with Crippen LogP contribution in [0.15, 0.2) is 78.9 Å². The van der Waals surface area contributed by atoms with Gasteiger partial charge in [-0.3, -0.25) is 4.79 Å². The first-order valence-electron chi connectivity index (χ1n) is 9.75. The van der Waals surface area contributed by atoms with Gasteiger partial charge in [0.15, 0.2) is 13.2 Å². The van der Waals surface area contributed by atoms with Gasteiger partial charge in [0.05, 0.1) is 12.1 Å². The summed E-state index contributed by atoms with van der Waals surface area (Å²) in [6.45, 7) is 1.50. The Bertz CT molecular complexity index is 1090. The van der Waals surface area contributed by atoms with Crippen molar-refractivity contribution in [3.8, 4) is 11.8 Å². The molecule has 156 valence electrons. The maximum absolute atomic E-state index is 12.9. The molecule has 31 heavy (non-hydrogen) atoms. The van der Waals surface area contributed by atoms with Crippen LogP contribution in [-0.2, 0) is 20.9 Å². The Labute approximate surface area is 181 Å². The predicted molar refractivity (Wildman–Crippen MR) is 116 cm³/mol. The van der Waals surface area contributed by atoms with Gasteiger partial charge in [-0.2, -0.15) is 5.26 Å². The fourth-order valence-electron chi connectivity index (χ4n) is 2.97. The van der Waals surface area contributed by atoms with Crippen molar-refractivity contribution in [3.05, 3.63) is 95.6 Å². The molecule has 3 aromatic rings. The summed E-state index contributed by atoms with van der Waals surface area (Å²) in [4.78, 5) is 26.6. The van der Waals surface area contributed by atoms with Crippen LogP contribution in [0, 0.1) is 18.3 Å². The van der Waals surface area contributed by atoms with Crippen molar-refractivity contribution in [1.82, 2.24) is 0 Å². The van der Waals surface area contributed by atoms with Gasteiger partial charge in [0, 0.05) is 5.69 Å². The molecular formula is C25H22N2O4. The number of para-hydroxylation sites is 1. The average molecular weight is 414 g/mol. The predicted octanol–water partition coefficient (Wildman–Crippen LogP) is 4.02. The third-order valence-electron chi connectivity index (χ3n) is 4.51. The number of nitriles is 1. The zero-order valence-electron chi connectivity index (χ0n) is 17.2. The van der Waals surface area contributed by atoms with Gasteiger partial charge >= 0.3 is 5.97 Å². The summed E-state index contributed by atoms with van der Waals surface area (Å²) in [7, 11) is 0. The van der Waals surface area contributed by atoms with Crippen LogP contribution in [0.2, 0.25) is 0 Å². The Morgan fingerprint density at radius 2 is 1.68 bits per heavy atom. The highest BCUT2D eigenvalue weighted by molar-refractivity contribution is 5.95. The summed E-state index contributed by atoms with van der Waals surface area (Å²) in [5, 5.41) is 9.07. The molecule has 0 N–H and O–H groups in total. The third kappa shape index (κ3) is 6.18. The van der Waals surface area contributed by atoms with Crippen molar-refractivity contribution in [2.45, 2.75) is 13.5 Å². The number of rotatable bonds is 8. The molecule has 0 bridgehead atoms. The van der Waals surface area contributed by atoms with E-state index in [1.807, 2.05) is 67.6 Å². The normalized spacial score (nSPS) is 10.1. The number of carbonyl (C=O) groups excluding carboxylic acids is 2. The number of amides is 1. The molecule has 0 atom stereocenters. The molecule has 0 aliphatic rings. The quantitative estimate of drug-likeness (QED) is 0.520. The molecule has 0 spiro atoms. The van der Waals surface area contributed by atoms with E-state index in [0.717, 1.165) is 16.8 Å². The minimum Gasteiger partial charge on any atom is -0.481 e. The number of nitrogens with zero attached hydrogens (tertiary/aromatic N) is 2. The highest BCUT2D eigenvalue weighted by Crippen LogP contribution is 2.20. The fourth-order valence-corrected chi connectivity index (χ4v) is 2.97. The Hall–Kier alpha value is -4.11. The molecule has 0 heterocycles. The summed E-state index contributed by atoms with van der Waals surface area (Å²) in [6.07, 6.45) is 0. The van der Waals surface area contributed by atoms with E-state index < -0.39 is 19.2 Å². The molecule has 3 rings (SSSR count). The minimum absolute atomic E-state index is 0.291. The van der Waals surface area contributed by atoms with E-state index in [2.05, 4.69) is 0 Å². The number of aryl methyl sites for hydroxylation is 1. The van der Waals surface area contributed by atoms with Crippen molar-refractivity contribution < 1.29 is 19.1 Å². The topological polar surface area (TPSA) is 79.6 Å². The van der Waals surface area contributed by atoms with Crippen molar-refractivity contribution in [2.75, 3.05) is 18.1 Å². The van der Waals surface area contributed by atoms with E-state index in [1.54, 1.807) is 29.2 Å². The molecular weight excluding hydrogens is 392 g/mol. The fraction of sp³-hybridized carbons (Fsp3) is 0.160. The second-order valence-corrected chi connectivity index (χ2v) is 6.86. The molecule has 0 fully saturated rings. The summed E-state index contributed by atoms with van der Waals surface area (Å²) in [5.74, 6) is -0.746. The first kappa shape index (κ1) is 21.6. The number of hydrogen-bond donors (Lipinski definition) is 0. The van der Waals surface area contributed by atoms with Crippen LogP contribution in [-0.4, -0.2) is 25.1 Å². The van der Waals surface area contributed by atoms with Gasteiger partial charge < -0.3 is 14.4 Å². The van der Waals surface area contributed by atoms with Gasteiger partial charge in [0.1, 0.15) is 11.8 Å². The number of hydrogen-bond acceptors (Lipinski definition) is 5. The lowest BCUT2D eigenvalue weighted by Gasteiger charge is -2.23. The van der Waals surface area contributed by atoms with Gasteiger partial charge in [0.25, 0.3) is 5.91 Å². The summed E-state index contributed by atoms with van der Waals surface area (Å²) >= 11 is 0. The summed E-state index contributed by atoms with van der Waals surface area (Å²) < 4.78 is 10.5. The first-order chi connectivity index (χ1) is 15.1. The standard InChI is InChI=1S/C25H22N2O4/c1-19-8-7-12-22(14-19)27(16-20-9-3-2-4-10-20)24(28)17-31-25(29)18-30-23-13-6-5-11-21(23)15-26/h2-14H,16-18H2,1H3. The van der Waals surface area contributed by atoms with Crippen LogP contribution >= 0.6 is 0 Å². The molecule has 0 radical (unpaired) electrons. The van der Waals surface area contributed by atoms with Gasteiger partial charge in [-0.15, -0.1) is 0 Å². The summed E-state index contributed by atoms with van der Waals surface area (Å²) in [6, 6.07) is 25.8. The van der Waals surface area contributed by atoms with E-state index in [-0.39, 0.29) is 5.91 Å². The summed E-state index contributed by atoms with van der Waals surface area (Å²) in [5.41, 5.74) is 3.02. The van der Waals surface area contributed by atoms with Crippen molar-refractivity contribution in [2.24, 2.45) is 0 Å². The smallest absolute Gasteiger partial charge is 0.344 e. The molecule has 0 saturated heterocycles. The van der Waals surface area contributed by atoms with Crippen molar-refractivity contribution >= 4 is 17.6 Å². The highest BCUT2D eigenvalue weighted by Gasteiger charge is 2.19. The molecule has 0 aliphatic heterocycles. The Kier molecular flexibility index (Phi) is 7.39. The zero-order chi connectivity index (χ0) is 22.1. The Morgan fingerprint density at radius 1 is 0.935 bits per heavy atom. The average Bonchev–Trinajstić information content (AvgIpc) is 2.80. The number of benzene rings is 3. The molecule has 0 aliphatic carbocycles. The molecule has 1 amide bonds. The van der Waals surface area contributed by atoms with E-state index in [9.17, 15) is 9.59 Å². The Balaban J connectivity index is 1.63. The van der Waals surface area contributed by atoms with Crippen molar-refractivity contribution in [1.29, 1.82) is 5.26 Å². The maximum Gasteiger partial charge on any atom is 0.344 e. The molecule has 3 aromatic carbocycles. The van der Waals surface area contributed by atoms with Crippen LogP contribution in [0.1, 0.15) is 16.7 Å². The van der Waals surface area contributed by atoms with Crippen LogP contribution in [0.5, 0.6) is 5.75 Å². The minimum atomic E-state index is -0.690. The van der Waals surface area contributed by atoms with Crippen LogP contribution in [0.25, 0.3) is 0 Å². The van der Waals surface area contributed by atoms with E-state index >= 15 is 0 Å². The molecule has 0 unspecified atom stereocenters. The van der Waals surface area contributed by atoms with E-state index in [0.29, 0.717) is 17.9 Å². The van der Waals surface area contributed by atoms with Crippen LogP contribution < -0.4 is 9.64 Å². The number of anilines is 1. The van der Waals surface area contributed by atoms with Crippen molar-refractivity contribution in [3.63, 3.8) is 0 Å². The lowest BCUT2D eigenvalue weighted by atomic mass is 10.1. The second-order valence-electron chi connectivity index (χ2n) is 6.86. The van der Waals surface area contributed by atoms with Gasteiger partial charge in [-0.05, 0) is 42.3 Å². The monoisotopic (exact) mass is 414 g/mol. The lowest BCUT2D eigenvalue weighted by molar-refractivity contribution is -0.149. The SMILES string of the molecule is Cc1cccc(N(Cc2ccccc2)C(=O)COC(=O)COc2ccccc2C#N)c1. The van der Waals surface area contributed by atoms with E-state index in [1.165, 1.54) is 0 Å².